The van der Waals surface area contributed by atoms with E-state index in [1.54, 1.807) is 0 Å². The summed E-state index contributed by atoms with van der Waals surface area (Å²) in [5.74, 6) is 0. The Morgan fingerprint density at radius 2 is 0.777 bits per heavy atom. The smallest absolute Gasteiger partial charge is 0.253 e. The topological polar surface area (TPSA) is 9.86 Å². The Labute approximate surface area is 557 Å². The van der Waals surface area contributed by atoms with Crippen LogP contribution in [0.5, 0.6) is 0 Å². The van der Waals surface area contributed by atoms with Crippen LogP contribution >= 0.6 is 0 Å². The summed E-state index contributed by atoms with van der Waals surface area (Å²) in [6.07, 6.45) is 0. The van der Waals surface area contributed by atoms with Crippen molar-refractivity contribution in [3.8, 4) is 67.1 Å². The Hall–Kier alpha value is -8.92. The predicted octanol–water partition coefficient (Wildman–Crippen LogP) is 22.2. The number of aromatic nitrogens is 2. The summed E-state index contributed by atoms with van der Waals surface area (Å²) in [6, 6.07) is 80.7. The Bertz CT molecular complexity index is 5410. The second-order valence-corrected chi connectivity index (χ2v) is 34.5. The Kier molecular flexibility index (Phi) is 12.0. The number of hydrogen-bond donors (Lipinski definition) is 0. The summed E-state index contributed by atoms with van der Waals surface area (Å²) in [5, 5.41) is 6.54. The van der Waals surface area contributed by atoms with Crippen LogP contribution in [0.1, 0.15) is 180 Å². The van der Waals surface area contributed by atoms with Crippen LogP contribution in [0.3, 0.4) is 0 Å². The normalized spacial score (nSPS) is 14.6. The number of hydrogen-bond acceptors (Lipinski definition) is 0. The van der Waals surface area contributed by atoms with E-state index in [1.807, 2.05) is 0 Å². The standard InChI is InChI=1S/C91H87BN2/c1-85(2,3)55-35-31-52(32-36-55)66-46-57(87(7,8)9)39-41-64(66)77-70-45-54-25-19-20-26-61(54)78-83(70)93(82(77)65-42-40-58(88(10,11)12)47-67(65)53-33-37-56(38-34-53)86(4,5)6)76-44-43-73-84-79(76)92(78)75-51-60(90(16,17)18)49-69-68-48-59(89(13,14)15)50-74(80(68)94(84)81(69)75)91(73)71-29-23-21-27-62(71)63-28-22-24-30-72(63)91/h19-51H,1-18H3. The molecule has 464 valence electrons. The molecule has 1 spiro atoms. The van der Waals surface area contributed by atoms with Gasteiger partial charge in [-0.15, -0.1) is 0 Å². The SMILES string of the molecule is CC(C)(C)c1ccc(-c2cc(C(C)(C)C)ccc2-c2c(-c3ccc(C(C)(C)C)cc3-c3ccc(C(C)(C)C)cc3)n3c4c(c5ccccc5cc24)B2c4c-3ccc3c4-n4c5c2cc(C(C)(C)C)cc5c2cc(C(C)(C)C)cc(c24)C32c3ccccc3-c3ccccc32)cc1. The molecule has 3 aliphatic heterocycles. The van der Waals surface area contributed by atoms with E-state index < -0.39 is 5.41 Å². The molecule has 4 aliphatic rings. The molecular formula is C91H87BN2. The van der Waals surface area contributed by atoms with Crippen molar-refractivity contribution in [2.24, 2.45) is 0 Å². The first-order chi connectivity index (χ1) is 44.4. The number of benzene rings is 11. The predicted molar refractivity (Wildman–Crippen MR) is 405 cm³/mol. The van der Waals surface area contributed by atoms with Crippen molar-refractivity contribution in [3.63, 3.8) is 0 Å². The summed E-state index contributed by atoms with van der Waals surface area (Å²) in [6.45, 7) is 42.5. The summed E-state index contributed by atoms with van der Waals surface area (Å²) in [5.41, 5.74) is 35.6. The van der Waals surface area contributed by atoms with Crippen LogP contribution in [0.25, 0.3) is 111 Å². The minimum atomic E-state index is -0.628. The lowest BCUT2D eigenvalue weighted by atomic mass is 9.33. The highest BCUT2D eigenvalue weighted by atomic mass is 15.1. The van der Waals surface area contributed by atoms with Gasteiger partial charge >= 0.3 is 0 Å². The first-order valence-electron chi connectivity index (χ1n) is 34.6. The van der Waals surface area contributed by atoms with Gasteiger partial charge in [-0.25, -0.2) is 0 Å². The maximum atomic E-state index is 2.82. The van der Waals surface area contributed by atoms with E-state index >= 15 is 0 Å². The lowest BCUT2D eigenvalue weighted by Crippen LogP contribution is -2.61. The molecule has 17 rings (SSSR count). The molecule has 5 heterocycles. The van der Waals surface area contributed by atoms with E-state index in [9.17, 15) is 0 Å². The fraction of sp³-hybridized carbons (Fsp3) is 0.275. The van der Waals surface area contributed by atoms with Crippen LogP contribution in [0.2, 0.25) is 0 Å². The molecule has 1 aliphatic carbocycles. The van der Waals surface area contributed by atoms with Gasteiger partial charge in [-0.1, -0.05) is 288 Å². The molecule has 0 atom stereocenters. The molecule has 0 unspecified atom stereocenters. The molecule has 0 fully saturated rings. The number of rotatable bonds is 4. The molecule has 11 aromatic carbocycles. The van der Waals surface area contributed by atoms with Crippen molar-refractivity contribution in [3.05, 3.63) is 256 Å². The number of fused-ring (bicyclic) bond motifs is 13. The summed E-state index contributed by atoms with van der Waals surface area (Å²) < 4.78 is 5.63. The summed E-state index contributed by atoms with van der Waals surface area (Å²) >= 11 is 0. The lowest BCUT2D eigenvalue weighted by Gasteiger charge is -2.44. The Morgan fingerprint density at radius 3 is 1.33 bits per heavy atom. The van der Waals surface area contributed by atoms with Crippen molar-refractivity contribution >= 4 is 66.6 Å². The van der Waals surface area contributed by atoms with Gasteiger partial charge in [-0.05, 0) is 191 Å². The van der Waals surface area contributed by atoms with Crippen molar-refractivity contribution in [2.75, 3.05) is 0 Å². The third-order valence-electron chi connectivity index (χ3n) is 22.5. The van der Waals surface area contributed by atoms with E-state index in [-0.39, 0.29) is 39.2 Å². The molecular weight excluding hydrogens is 1130 g/mol. The Balaban J connectivity index is 1.12. The van der Waals surface area contributed by atoms with Crippen LogP contribution < -0.4 is 16.4 Å². The van der Waals surface area contributed by atoms with E-state index in [1.165, 1.54) is 183 Å². The first-order valence-corrected chi connectivity index (χ1v) is 34.6. The molecule has 3 heteroatoms. The van der Waals surface area contributed by atoms with Crippen LogP contribution in [-0.4, -0.2) is 15.8 Å². The highest BCUT2D eigenvalue weighted by Gasteiger charge is 2.55. The molecule has 0 amide bonds. The fourth-order valence-corrected chi connectivity index (χ4v) is 17.4. The largest absolute Gasteiger partial charge is 0.310 e. The average molecular weight is 1220 g/mol. The molecule has 0 saturated carbocycles. The van der Waals surface area contributed by atoms with Gasteiger partial charge in [0.2, 0.25) is 0 Å². The summed E-state index contributed by atoms with van der Waals surface area (Å²) in [7, 11) is 0. The molecule has 13 aromatic rings. The van der Waals surface area contributed by atoms with Crippen LogP contribution in [0.15, 0.2) is 200 Å². The number of nitrogens with zero attached hydrogens (tertiary/aromatic N) is 2. The third-order valence-corrected chi connectivity index (χ3v) is 22.5. The second-order valence-electron chi connectivity index (χ2n) is 34.5. The molecule has 94 heavy (non-hydrogen) atoms. The second kappa shape index (κ2) is 19.2. The monoisotopic (exact) mass is 1220 g/mol. The van der Waals surface area contributed by atoms with Crippen LogP contribution in [-0.2, 0) is 37.9 Å². The minimum Gasteiger partial charge on any atom is -0.310 e. The van der Waals surface area contributed by atoms with Gasteiger partial charge in [-0.2, -0.15) is 0 Å². The van der Waals surface area contributed by atoms with Gasteiger partial charge < -0.3 is 9.13 Å². The molecule has 2 nitrogen and oxygen atoms in total. The van der Waals surface area contributed by atoms with Crippen molar-refractivity contribution in [1.29, 1.82) is 0 Å². The highest BCUT2D eigenvalue weighted by molar-refractivity contribution is 7.01. The van der Waals surface area contributed by atoms with Gasteiger partial charge in [-0.3, -0.25) is 0 Å². The van der Waals surface area contributed by atoms with E-state index in [2.05, 4.69) is 334 Å². The van der Waals surface area contributed by atoms with Crippen molar-refractivity contribution in [1.82, 2.24) is 9.13 Å². The molecule has 0 bridgehead atoms. The lowest BCUT2D eigenvalue weighted by molar-refractivity contribution is 0.588. The van der Waals surface area contributed by atoms with Crippen LogP contribution in [0.4, 0.5) is 0 Å². The third kappa shape index (κ3) is 8.09. The zero-order valence-electron chi connectivity index (χ0n) is 58.5. The maximum Gasteiger partial charge on any atom is 0.253 e. The molecule has 2 aromatic heterocycles. The van der Waals surface area contributed by atoms with Crippen molar-refractivity contribution < 1.29 is 0 Å². The highest BCUT2D eigenvalue weighted by Crippen LogP contribution is 2.63. The van der Waals surface area contributed by atoms with Gasteiger partial charge in [0, 0.05) is 44.2 Å². The van der Waals surface area contributed by atoms with Gasteiger partial charge in [0.15, 0.2) is 0 Å². The van der Waals surface area contributed by atoms with Crippen molar-refractivity contribution in [2.45, 2.75) is 163 Å². The van der Waals surface area contributed by atoms with Crippen LogP contribution in [0, 0.1) is 0 Å². The first kappa shape index (κ1) is 58.9. The minimum absolute atomic E-state index is 0.00170. The Morgan fingerprint density at radius 1 is 0.298 bits per heavy atom. The molecule has 0 radical (unpaired) electrons. The zero-order chi connectivity index (χ0) is 65.6. The summed E-state index contributed by atoms with van der Waals surface area (Å²) in [4.78, 5) is 0. The fourth-order valence-electron chi connectivity index (χ4n) is 17.4. The molecule has 0 N–H and O–H groups in total. The van der Waals surface area contributed by atoms with E-state index in [0.29, 0.717) is 0 Å². The zero-order valence-corrected chi connectivity index (χ0v) is 58.5. The average Bonchev–Trinajstić information content (AvgIpc) is 1.41. The van der Waals surface area contributed by atoms with Gasteiger partial charge in [0.05, 0.1) is 22.1 Å². The van der Waals surface area contributed by atoms with Gasteiger partial charge in [0.1, 0.15) is 0 Å². The quantitative estimate of drug-likeness (QED) is 0.155. The molecule has 0 saturated heterocycles. The van der Waals surface area contributed by atoms with E-state index in [0.717, 1.165) is 0 Å². The van der Waals surface area contributed by atoms with E-state index in [4.69, 9.17) is 0 Å². The van der Waals surface area contributed by atoms with Gasteiger partial charge in [0.25, 0.3) is 6.71 Å². The maximum absolute atomic E-state index is 2.82.